The second-order valence-corrected chi connectivity index (χ2v) is 7.52. The summed E-state index contributed by atoms with van der Waals surface area (Å²) >= 11 is 0. The third-order valence-electron chi connectivity index (χ3n) is 6.04. The molecule has 0 bridgehead atoms. The zero-order valence-corrected chi connectivity index (χ0v) is 14.1. The molecule has 3 aliphatic rings. The van der Waals surface area contributed by atoms with Crippen molar-refractivity contribution in [2.75, 3.05) is 13.1 Å². The first-order valence-electron chi connectivity index (χ1n) is 9.29. The summed E-state index contributed by atoms with van der Waals surface area (Å²) in [6, 6.07) is 7.68. The molecular weight excluding hydrogens is 302 g/mol. The van der Waals surface area contributed by atoms with Crippen LogP contribution in [0.25, 0.3) is 0 Å². The number of esters is 1. The first-order chi connectivity index (χ1) is 11.7. The zero-order valence-electron chi connectivity index (χ0n) is 14.1. The van der Waals surface area contributed by atoms with E-state index in [1.54, 1.807) is 0 Å². The molecule has 4 nitrogen and oxygen atoms in total. The molecule has 1 saturated carbocycles. The van der Waals surface area contributed by atoms with Crippen molar-refractivity contribution in [1.82, 2.24) is 4.90 Å². The van der Waals surface area contributed by atoms with Gasteiger partial charge >= 0.3 is 5.97 Å². The molecule has 0 aromatic heterocycles. The highest BCUT2D eigenvalue weighted by molar-refractivity contribution is 5.94. The van der Waals surface area contributed by atoms with Crippen LogP contribution in [0.15, 0.2) is 24.3 Å². The number of amides is 1. The van der Waals surface area contributed by atoms with Crippen molar-refractivity contribution >= 4 is 11.9 Å². The van der Waals surface area contributed by atoms with Crippen LogP contribution in [0.2, 0.25) is 0 Å². The number of ether oxygens (including phenoxy) is 1. The SMILES string of the molecule is O=C1OC2(CCN(C(=O)CC3CCCCC3)CC2)c2ccccc21. The molecule has 0 atom stereocenters. The van der Waals surface area contributed by atoms with Gasteiger partial charge in [0.1, 0.15) is 5.60 Å². The van der Waals surface area contributed by atoms with Crippen LogP contribution in [0.3, 0.4) is 0 Å². The molecule has 24 heavy (non-hydrogen) atoms. The molecule has 1 spiro atoms. The molecule has 0 radical (unpaired) electrons. The van der Waals surface area contributed by atoms with Crippen LogP contribution in [0, 0.1) is 5.92 Å². The van der Waals surface area contributed by atoms with Crippen LogP contribution in [-0.4, -0.2) is 29.9 Å². The van der Waals surface area contributed by atoms with Gasteiger partial charge in [-0.25, -0.2) is 4.79 Å². The Morgan fingerprint density at radius 2 is 1.83 bits per heavy atom. The smallest absolute Gasteiger partial charge is 0.339 e. The highest BCUT2D eigenvalue weighted by Crippen LogP contribution is 2.44. The molecular formula is C20H25NO3. The minimum atomic E-state index is -0.505. The molecule has 2 fully saturated rings. The van der Waals surface area contributed by atoms with Crippen molar-refractivity contribution in [3.05, 3.63) is 35.4 Å². The number of fused-ring (bicyclic) bond motifs is 2. The van der Waals surface area contributed by atoms with Crippen molar-refractivity contribution in [2.24, 2.45) is 5.92 Å². The van der Waals surface area contributed by atoms with Gasteiger partial charge in [-0.05, 0) is 24.8 Å². The molecule has 1 aromatic carbocycles. The van der Waals surface area contributed by atoms with E-state index in [2.05, 4.69) is 0 Å². The molecule has 1 saturated heterocycles. The van der Waals surface area contributed by atoms with Gasteiger partial charge in [-0.2, -0.15) is 0 Å². The third kappa shape index (κ3) is 2.72. The van der Waals surface area contributed by atoms with Gasteiger partial charge in [0.2, 0.25) is 5.91 Å². The number of carbonyl (C=O) groups is 2. The highest BCUT2D eigenvalue weighted by atomic mass is 16.6. The quantitative estimate of drug-likeness (QED) is 0.779. The first-order valence-corrected chi connectivity index (χ1v) is 9.29. The second kappa shape index (κ2) is 6.23. The number of nitrogens with zero attached hydrogens (tertiary/aromatic N) is 1. The predicted octanol–water partition coefficient (Wildman–Crippen LogP) is 3.65. The molecule has 2 aliphatic heterocycles. The maximum absolute atomic E-state index is 12.6. The minimum Gasteiger partial charge on any atom is -0.450 e. The topological polar surface area (TPSA) is 46.6 Å². The number of rotatable bonds is 2. The van der Waals surface area contributed by atoms with Gasteiger partial charge in [0.15, 0.2) is 0 Å². The van der Waals surface area contributed by atoms with Gasteiger partial charge in [0.25, 0.3) is 0 Å². The van der Waals surface area contributed by atoms with E-state index in [9.17, 15) is 9.59 Å². The Morgan fingerprint density at radius 1 is 1.12 bits per heavy atom. The lowest BCUT2D eigenvalue weighted by Crippen LogP contribution is -2.45. The van der Waals surface area contributed by atoms with Crippen molar-refractivity contribution in [3.63, 3.8) is 0 Å². The summed E-state index contributed by atoms with van der Waals surface area (Å²) in [6.45, 7) is 1.38. The van der Waals surface area contributed by atoms with Gasteiger partial charge in [-0.1, -0.05) is 37.5 Å². The number of hydrogen-bond donors (Lipinski definition) is 0. The molecule has 4 heteroatoms. The number of benzene rings is 1. The Kier molecular flexibility index (Phi) is 4.07. The van der Waals surface area contributed by atoms with Crippen molar-refractivity contribution in [1.29, 1.82) is 0 Å². The third-order valence-corrected chi connectivity index (χ3v) is 6.04. The van der Waals surface area contributed by atoms with E-state index in [0.29, 0.717) is 43.8 Å². The maximum Gasteiger partial charge on any atom is 0.339 e. The lowest BCUT2D eigenvalue weighted by atomic mass is 9.83. The van der Waals surface area contributed by atoms with Gasteiger partial charge in [-0.3, -0.25) is 4.79 Å². The first kappa shape index (κ1) is 15.7. The van der Waals surface area contributed by atoms with Crippen LogP contribution in [0.4, 0.5) is 0 Å². The summed E-state index contributed by atoms with van der Waals surface area (Å²) in [5.41, 5.74) is 1.20. The van der Waals surface area contributed by atoms with Gasteiger partial charge in [-0.15, -0.1) is 0 Å². The summed E-state index contributed by atoms with van der Waals surface area (Å²) in [5.74, 6) is 0.647. The van der Waals surface area contributed by atoms with Gasteiger partial charge < -0.3 is 9.64 Å². The van der Waals surface area contributed by atoms with E-state index in [1.165, 1.54) is 32.1 Å². The number of piperidine rings is 1. The van der Waals surface area contributed by atoms with Crippen molar-refractivity contribution < 1.29 is 14.3 Å². The fourth-order valence-electron chi connectivity index (χ4n) is 4.60. The largest absolute Gasteiger partial charge is 0.450 e. The summed E-state index contributed by atoms with van der Waals surface area (Å²) in [4.78, 5) is 26.7. The Hall–Kier alpha value is -1.84. The Labute approximate surface area is 143 Å². The van der Waals surface area contributed by atoms with Crippen molar-refractivity contribution in [3.8, 4) is 0 Å². The zero-order chi connectivity index (χ0) is 16.6. The average Bonchev–Trinajstić information content (AvgIpc) is 2.89. The minimum absolute atomic E-state index is 0.215. The highest BCUT2D eigenvalue weighted by Gasteiger charge is 2.47. The van der Waals surface area contributed by atoms with E-state index >= 15 is 0 Å². The van der Waals surface area contributed by atoms with Gasteiger partial charge in [0.05, 0.1) is 5.56 Å². The van der Waals surface area contributed by atoms with Crippen LogP contribution >= 0.6 is 0 Å². The fourth-order valence-corrected chi connectivity index (χ4v) is 4.60. The summed E-state index contributed by atoms with van der Waals surface area (Å²) in [6.07, 6.45) is 8.40. The Bertz CT molecular complexity index is 640. The van der Waals surface area contributed by atoms with Crippen LogP contribution in [-0.2, 0) is 15.1 Å². The molecule has 128 valence electrons. The maximum atomic E-state index is 12.6. The summed E-state index contributed by atoms with van der Waals surface area (Å²) in [5, 5.41) is 0. The van der Waals surface area contributed by atoms with Crippen LogP contribution in [0.5, 0.6) is 0 Å². The van der Waals surface area contributed by atoms with E-state index < -0.39 is 5.60 Å². The van der Waals surface area contributed by atoms with Crippen LogP contribution in [0.1, 0.15) is 67.3 Å². The summed E-state index contributed by atoms with van der Waals surface area (Å²) in [7, 11) is 0. The molecule has 0 N–H and O–H groups in total. The molecule has 0 unspecified atom stereocenters. The van der Waals surface area contributed by atoms with E-state index in [4.69, 9.17) is 4.74 Å². The normalized spacial score (nSPS) is 23.2. The molecule has 4 rings (SSSR count). The number of likely N-dealkylation sites (tertiary alicyclic amines) is 1. The Balaban J connectivity index is 1.40. The molecule has 2 heterocycles. The van der Waals surface area contributed by atoms with E-state index in [1.807, 2.05) is 29.2 Å². The number of hydrogen-bond acceptors (Lipinski definition) is 3. The fraction of sp³-hybridized carbons (Fsp3) is 0.600. The predicted molar refractivity (Wildman–Crippen MR) is 90.5 cm³/mol. The average molecular weight is 327 g/mol. The Morgan fingerprint density at radius 3 is 2.58 bits per heavy atom. The monoisotopic (exact) mass is 327 g/mol. The van der Waals surface area contributed by atoms with E-state index in [0.717, 1.165) is 5.56 Å². The molecule has 1 aliphatic carbocycles. The van der Waals surface area contributed by atoms with E-state index in [-0.39, 0.29) is 11.9 Å². The van der Waals surface area contributed by atoms with Gasteiger partial charge in [0, 0.05) is 37.9 Å². The lowest BCUT2D eigenvalue weighted by Gasteiger charge is -2.39. The number of carbonyl (C=O) groups excluding carboxylic acids is 2. The molecule has 1 amide bonds. The molecule has 1 aromatic rings. The van der Waals surface area contributed by atoms with Crippen LogP contribution < -0.4 is 0 Å². The lowest BCUT2D eigenvalue weighted by molar-refractivity contribution is -0.136. The van der Waals surface area contributed by atoms with Crippen molar-refractivity contribution in [2.45, 2.75) is 57.0 Å². The second-order valence-electron chi connectivity index (χ2n) is 7.52. The standard InChI is InChI=1S/C20H25NO3/c22-18(14-15-6-2-1-3-7-15)21-12-10-20(11-13-21)17-9-5-4-8-16(17)19(23)24-20/h4-5,8-9,15H,1-3,6-7,10-14H2. The summed E-state index contributed by atoms with van der Waals surface area (Å²) < 4.78 is 5.76.